The van der Waals surface area contributed by atoms with Crippen LogP contribution in [0.3, 0.4) is 0 Å². The number of hydrogen-bond donors (Lipinski definition) is 1. The van der Waals surface area contributed by atoms with E-state index in [0.717, 1.165) is 31.6 Å². The lowest BCUT2D eigenvalue weighted by Gasteiger charge is -2.29. The first-order valence-electron chi connectivity index (χ1n) is 8.22. The largest absolute Gasteiger partial charge is 0.508 e. The van der Waals surface area contributed by atoms with E-state index >= 15 is 0 Å². The molecule has 1 N–H and O–H groups in total. The molecule has 22 heavy (non-hydrogen) atoms. The van der Waals surface area contributed by atoms with Gasteiger partial charge in [-0.1, -0.05) is 56.7 Å². The second kappa shape index (κ2) is 8.00. The van der Waals surface area contributed by atoms with Crippen LogP contribution in [0.2, 0.25) is 0 Å². The predicted molar refractivity (Wildman–Crippen MR) is 93.1 cm³/mol. The molecule has 118 valence electrons. The van der Waals surface area contributed by atoms with E-state index in [9.17, 15) is 5.11 Å². The van der Waals surface area contributed by atoms with Crippen molar-refractivity contribution in [3.05, 3.63) is 64.7 Å². The van der Waals surface area contributed by atoms with Crippen LogP contribution in [0.15, 0.2) is 42.5 Å². The van der Waals surface area contributed by atoms with Gasteiger partial charge in [0.05, 0.1) is 0 Å². The first-order chi connectivity index (χ1) is 10.7. The van der Waals surface area contributed by atoms with Gasteiger partial charge in [0.2, 0.25) is 0 Å². The summed E-state index contributed by atoms with van der Waals surface area (Å²) < 4.78 is 0. The number of phenols is 1. The summed E-state index contributed by atoms with van der Waals surface area (Å²) in [7, 11) is 0. The molecule has 0 amide bonds. The third-order valence-electron chi connectivity index (χ3n) is 3.96. The van der Waals surface area contributed by atoms with Gasteiger partial charge in [0.1, 0.15) is 5.75 Å². The first-order valence-corrected chi connectivity index (χ1v) is 8.22. The van der Waals surface area contributed by atoms with Gasteiger partial charge in [0.15, 0.2) is 0 Å². The maximum absolute atomic E-state index is 9.85. The third-order valence-corrected chi connectivity index (χ3v) is 3.96. The molecule has 2 aromatic carbocycles. The van der Waals surface area contributed by atoms with Crippen LogP contribution >= 0.6 is 0 Å². The fourth-order valence-electron chi connectivity index (χ4n) is 2.88. The Morgan fingerprint density at radius 2 is 1.77 bits per heavy atom. The van der Waals surface area contributed by atoms with Crippen LogP contribution in [0.4, 0.5) is 0 Å². The van der Waals surface area contributed by atoms with E-state index in [1.54, 1.807) is 6.07 Å². The molecule has 0 aliphatic carbocycles. The predicted octanol–water partition coefficient (Wildman–Crippen LogP) is 4.68. The van der Waals surface area contributed by atoms with Crippen LogP contribution in [0.25, 0.3) is 0 Å². The molecular weight excluding hydrogens is 270 g/mol. The summed E-state index contributed by atoms with van der Waals surface area (Å²) in [6.45, 7) is 9.30. The van der Waals surface area contributed by atoms with E-state index in [0.29, 0.717) is 5.75 Å². The quantitative estimate of drug-likeness (QED) is 0.870. The number of hydrogen-bond acceptors (Lipinski definition) is 2. The highest BCUT2D eigenvalue weighted by Gasteiger charge is 2.18. The highest BCUT2D eigenvalue weighted by Crippen LogP contribution is 2.25. The lowest BCUT2D eigenvalue weighted by Crippen LogP contribution is -2.30. The molecule has 0 unspecified atom stereocenters. The van der Waals surface area contributed by atoms with E-state index in [1.165, 1.54) is 23.1 Å². The van der Waals surface area contributed by atoms with Crippen molar-refractivity contribution in [2.75, 3.05) is 6.54 Å². The highest BCUT2D eigenvalue weighted by atomic mass is 16.3. The normalized spacial score (nSPS) is 14.0. The van der Waals surface area contributed by atoms with E-state index < -0.39 is 0 Å². The van der Waals surface area contributed by atoms with Gasteiger partial charge in [-0.15, -0.1) is 0 Å². The van der Waals surface area contributed by atoms with Crippen molar-refractivity contribution in [3.63, 3.8) is 0 Å². The highest BCUT2D eigenvalue weighted by molar-refractivity contribution is 5.37. The average Bonchev–Trinajstić information content (AvgIpc) is 2.51. The number of phenolic OH excluding ortho intramolecular Hbond substituents is 1. The Labute approximate surface area is 134 Å². The van der Waals surface area contributed by atoms with Crippen molar-refractivity contribution in [3.8, 4) is 5.75 Å². The van der Waals surface area contributed by atoms with Crippen molar-refractivity contribution < 1.29 is 5.11 Å². The topological polar surface area (TPSA) is 23.5 Å². The van der Waals surface area contributed by atoms with Crippen molar-refractivity contribution in [2.45, 2.75) is 46.7 Å². The van der Waals surface area contributed by atoms with E-state index in [4.69, 9.17) is 0 Å². The van der Waals surface area contributed by atoms with Gasteiger partial charge >= 0.3 is 0 Å². The molecule has 0 spiro atoms. The monoisotopic (exact) mass is 297 g/mol. The number of benzene rings is 2. The number of aromatic hydroxyl groups is 1. The van der Waals surface area contributed by atoms with E-state index in [2.05, 4.69) is 43.9 Å². The zero-order chi connectivity index (χ0) is 15.9. The molecule has 0 aromatic heterocycles. The Morgan fingerprint density at radius 3 is 2.50 bits per heavy atom. The molecule has 0 bridgehead atoms. The summed E-state index contributed by atoms with van der Waals surface area (Å²) in [5.41, 5.74) is 5.36. The zero-order valence-electron chi connectivity index (χ0n) is 14.0. The second-order valence-electron chi connectivity index (χ2n) is 6.01. The van der Waals surface area contributed by atoms with Crippen LogP contribution in [0, 0.1) is 6.92 Å². The van der Waals surface area contributed by atoms with Crippen LogP contribution in [0.1, 0.15) is 42.5 Å². The Kier molecular flexibility index (Phi) is 6.02. The Morgan fingerprint density at radius 1 is 1.05 bits per heavy atom. The minimum absolute atomic E-state index is 0.400. The summed E-state index contributed by atoms with van der Waals surface area (Å²) in [6, 6.07) is 14.2. The fraction of sp³-hybridized carbons (Fsp3) is 0.400. The summed E-state index contributed by atoms with van der Waals surface area (Å²) in [4.78, 5) is 2.40. The van der Waals surface area contributed by atoms with Crippen molar-refractivity contribution >= 4 is 0 Å². The van der Waals surface area contributed by atoms with Gasteiger partial charge in [-0.25, -0.2) is 0 Å². The smallest absolute Gasteiger partial charge is 0.120 e. The van der Waals surface area contributed by atoms with E-state index in [-0.39, 0.29) is 0 Å². The van der Waals surface area contributed by atoms with Gasteiger partial charge in [0.25, 0.3) is 0 Å². The number of rotatable bonds is 2. The summed E-state index contributed by atoms with van der Waals surface area (Å²) in [5, 5.41) is 9.85. The number of nitrogens with zero attached hydrogens (tertiary/aromatic N) is 1. The van der Waals surface area contributed by atoms with Crippen LogP contribution in [-0.2, 0) is 19.5 Å². The molecule has 0 radical (unpaired) electrons. The fourth-order valence-corrected chi connectivity index (χ4v) is 2.88. The van der Waals surface area contributed by atoms with Crippen molar-refractivity contribution in [2.24, 2.45) is 0 Å². The molecule has 2 heteroatoms. The third kappa shape index (κ3) is 4.11. The minimum atomic E-state index is 0.400. The molecule has 3 rings (SSSR count). The molecule has 0 atom stereocenters. The second-order valence-corrected chi connectivity index (χ2v) is 6.01. The molecule has 2 aromatic rings. The van der Waals surface area contributed by atoms with E-state index in [1.807, 2.05) is 18.2 Å². The standard InChI is InChI=1S/C17H19NO.C3H8/c1-13-5-4-7-14-11-18(10-9-16(13)14)12-15-6-2-3-8-17(15)19;1-3-2/h2-8,19H,9-12H2,1H3;3H2,1-2H3. The average molecular weight is 297 g/mol. The molecule has 1 heterocycles. The molecule has 2 nitrogen and oxygen atoms in total. The summed E-state index contributed by atoms with van der Waals surface area (Å²) >= 11 is 0. The van der Waals surface area contributed by atoms with Gasteiger partial charge in [0, 0.05) is 25.2 Å². The summed E-state index contributed by atoms with van der Waals surface area (Å²) in [5.74, 6) is 0.400. The Balaban J connectivity index is 0.000000545. The number of aryl methyl sites for hydroxylation is 1. The molecule has 0 saturated heterocycles. The minimum Gasteiger partial charge on any atom is -0.508 e. The summed E-state index contributed by atoms with van der Waals surface area (Å²) in [6.07, 6.45) is 2.36. The van der Waals surface area contributed by atoms with Crippen molar-refractivity contribution in [1.82, 2.24) is 4.90 Å². The van der Waals surface area contributed by atoms with Gasteiger partial charge in [-0.2, -0.15) is 0 Å². The zero-order valence-corrected chi connectivity index (χ0v) is 14.0. The maximum Gasteiger partial charge on any atom is 0.120 e. The molecular formula is C20H27NO. The Hall–Kier alpha value is -1.80. The van der Waals surface area contributed by atoms with Crippen LogP contribution in [-0.4, -0.2) is 16.6 Å². The molecule has 1 aliphatic rings. The Bertz CT molecular complexity index is 606. The van der Waals surface area contributed by atoms with Crippen LogP contribution in [0.5, 0.6) is 5.75 Å². The maximum atomic E-state index is 9.85. The van der Waals surface area contributed by atoms with Gasteiger partial charge < -0.3 is 5.11 Å². The molecule has 0 fully saturated rings. The van der Waals surface area contributed by atoms with Crippen molar-refractivity contribution in [1.29, 1.82) is 0 Å². The van der Waals surface area contributed by atoms with Gasteiger partial charge in [-0.3, -0.25) is 4.90 Å². The van der Waals surface area contributed by atoms with Crippen LogP contribution < -0.4 is 0 Å². The number of fused-ring (bicyclic) bond motifs is 1. The first kappa shape index (κ1) is 16.6. The SMILES string of the molecule is CCC.Cc1cccc2c1CCN(Cc1ccccc1O)C2. The lowest BCUT2D eigenvalue weighted by molar-refractivity contribution is 0.242. The molecule has 1 aliphatic heterocycles. The molecule has 0 saturated carbocycles. The number of para-hydroxylation sites is 1. The lowest BCUT2D eigenvalue weighted by atomic mass is 9.95. The van der Waals surface area contributed by atoms with Gasteiger partial charge in [-0.05, 0) is 36.1 Å².